The lowest BCUT2D eigenvalue weighted by atomic mass is 10.1. The van der Waals surface area contributed by atoms with Crippen LogP contribution in [0.2, 0.25) is 0 Å². The quantitative estimate of drug-likeness (QED) is 0.509. The first-order valence-electron chi connectivity index (χ1n) is 10.1. The number of carbonyl (C=O) groups is 1. The van der Waals surface area contributed by atoms with Gasteiger partial charge in [0.15, 0.2) is 11.0 Å². The Balaban J connectivity index is 1.76. The second-order valence-corrected chi connectivity index (χ2v) is 8.43. The van der Waals surface area contributed by atoms with Crippen molar-refractivity contribution in [3.8, 4) is 11.4 Å². The van der Waals surface area contributed by atoms with Gasteiger partial charge in [0, 0.05) is 18.4 Å². The molecule has 6 nitrogen and oxygen atoms in total. The highest BCUT2D eigenvalue weighted by Gasteiger charge is 2.21. The molecule has 0 fully saturated rings. The fourth-order valence-electron chi connectivity index (χ4n) is 3.04. The van der Waals surface area contributed by atoms with Crippen molar-refractivity contribution in [2.45, 2.75) is 44.1 Å². The van der Waals surface area contributed by atoms with Crippen LogP contribution in [0, 0.1) is 6.92 Å². The lowest BCUT2D eigenvalue weighted by molar-refractivity contribution is -0.115. The highest BCUT2D eigenvalue weighted by Crippen LogP contribution is 2.28. The number of aryl methyl sites for hydroxylation is 2. The second kappa shape index (κ2) is 10.4. The van der Waals surface area contributed by atoms with Crippen LogP contribution in [0.15, 0.2) is 53.7 Å². The summed E-state index contributed by atoms with van der Waals surface area (Å²) in [6, 6.07) is 16.1. The van der Waals surface area contributed by atoms with Crippen LogP contribution in [-0.4, -0.2) is 39.6 Å². The van der Waals surface area contributed by atoms with Gasteiger partial charge < -0.3 is 10.1 Å². The molecule has 0 unspecified atom stereocenters. The maximum Gasteiger partial charge on any atom is 0.237 e. The van der Waals surface area contributed by atoms with Crippen LogP contribution < -0.4 is 5.32 Å². The Hall–Kier alpha value is -2.64. The van der Waals surface area contributed by atoms with Gasteiger partial charge in [-0.05, 0) is 44.0 Å². The average Bonchev–Trinajstić information content (AvgIpc) is 3.15. The minimum absolute atomic E-state index is 0.0670. The number of anilines is 1. The molecule has 0 bridgehead atoms. The Morgan fingerprint density at radius 1 is 1.20 bits per heavy atom. The first kappa shape index (κ1) is 22.1. The number of ether oxygens (including phenoxy) is 1. The molecule has 1 amide bonds. The molecule has 0 spiro atoms. The number of rotatable bonds is 9. The number of aromatic nitrogens is 3. The standard InChI is InChI=1S/C23H28N4O2S/c1-5-18-9-11-20(12-10-18)24-22(28)17(3)30-23-26-25-21(27(23)13-14-29-4)19-8-6-7-16(2)15-19/h6-12,15,17H,5,13-14H2,1-4H3,(H,24,28)/t17-/m1/s1. The maximum absolute atomic E-state index is 12.7. The zero-order valence-corrected chi connectivity index (χ0v) is 18.7. The number of benzene rings is 2. The lowest BCUT2D eigenvalue weighted by Gasteiger charge is -2.14. The van der Waals surface area contributed by atoms with Gasteiger partial charge in [0.2, 0.25) is 5.91 Å². The summed E-state index contributed by atoms with van der Waals surface area (Å²) in [7, 11) is 1.67. The number of carbonyl (C=O) groups excluding carboxylic acids is 1. The predicted octanol–water partition coefficient (Wildman–Crippen LogP) is 4.58. The molecule has 3 aromatic rings. The maximum atomic E-state index is 12.7. The molecule has 30 heavy (non-hydrogen) atoms. The van der Waals surface area contributed by atoms with E-state index < -0.39 is 0 Å². The summed E-state index contributed by atoms with van der Waals surface area (Å²) in [6.45, 7) is 7.18. The fraction of sp³-hybridized carbons (Fsp3) is 0.348. The van der Waals surface area contributed by atoms with Gasteiger partial charge in [-0.2, -0.15) is 0 Å². The number of hydrogen-bond acceptors (Lipinski definition) is 5. The lowest BCUT2D eigenvalue weighted by Crippen LogP contribution is -2.23. The molecule has 1 aromatic heterocycles. The SMILES string of the molecule is CCc1ccc(NC(=O)[C@@H](C)Sc2nnc(-c3cccc(C)c3)n2CCOC)cc1. The van der Waals surface area contributed by atoms with Crippen molar-refractivity contribution in [3.05, 3.63) is 59.7 Å². The topological polar surface area (TPSA) is 69.0 Å². The fourth-order valence-corrected chi connectivity index (χ4v) is 3.91. The molecule has 1 atom stereocenters. The summed E-state index contributed by atoms with van der Waals surface area (Å²) in [6.07, 6.45) is 0.973. The van der Waals surface area contributed by atoms with Gasteiger partial charge >= 0.3 is 0 Å². The molecule has 0 aliphatic heterocycles. The molecule has 0 saturated carbocycles. The predicted molar refractivity (Wildman–Crippen MR) is 122 cm³/mol. The van der Waals surface area contributed by atoms with Crippen molar-refractivity contribution in [1.29, 1.82) is 0 Å². The molecule has 3 rings (SSSR count). The Bertz CT molecular complexity index is 985. The molecule has 0 radical (unpaired) electrons. The van der Waals surface area contributed by atoms with Crippen LogP contribution in [0.5, 0.6) is 0 Å². The van der Waals surface area contributed by atoms with Crippen molar-refractivity contribution in [1.82, 2.24) is 14.8 Å². The first-order chi connectivity index (χ1) is 14.5. The van der Waals surface area contributed by atoms with E-state index in [1.807, 2.05) is 47.9 Å². The highest BCUT2D eigenvalue weighted by molar-refractivity contribution is 8.00. The van der Waals surface area contributed by atoms with Gasteiger partial charge in [0.25, 0.3) is 0 Å². The van der Waals surface area contributed by atoms with E-state index in [0.29, 0.717) is 18.3 Å². The smallest absolute Gasteiger partial charge is 0.237 e. The minimum Gasteiger partial charge on any atom is -0.383 e. The number of hydrogen-bond donors (Lipinski definition) is 1. The Kier molecular flexibility index (Phi) is 7.65. The zero-order valence-electron chi connectivity index (χ0n) is 17.9. The summed E-state index contributed by atoms with van der Waals surface area (Å²) in [5, 5.41) is 12.1. The molecular weight excluding hydrogens is 396 g/mol. The van der Waals surface area contributed by atoms with E-state index in [2.05, 4.69) is 41.5 Å². The van der Waals surface area contributed by atoms with Crippen LogP contribution in [0.3, 0.4) is 0 Å². The van der Waals surface area contributed by atoms with E-state index in [4.69, 9.17) is 4.74 Å². The second-order valence-electron chi connectivity index (χ2n) is 7.12. The first-order valence-corrected chi connectivity index (χ1v) is 11.0. The summed E-state index contributed by atoms with van der Waals surface area (Å²) < 4.78 is 7.29. The largest absolute Gasteiger partial charge is 0.383 e. The van der Waals surface area contributed by atoms with Crippen LogP contribution >= 0.6 is 11.8 Å². The van der Waals surface area contributed by atoms with Crippen molar-refractivity contribution >= 4 is 23.4 Å². The molecule has 2 aromatic carbocycles. The Morgan fingerprint density at radius 3 is 2.63 bits per heavy atom. The molecule has 158 valence electrons. The van der Waals surface area contributed by atoms with Gasteiger partial charge in [0.05, 0.1) is 18.4 Å². The molecule has 7 heteroatoms. The number of amides is 1. The summed E-state index contributed by atoms with van der Waals surface area (Å²) in [5.41, 5.74) is 4.19. The number of nitrogens with one attached hydrogen (secondary N) is 1. The van der Waals surface area contributed by atoms with Crippen LogP contribution in [0.1, 0.15) is 25.0 Å². The Labute approximate surface area is 182 Å². The van der Waals surface area contributed by atoms with Crippen molar-refractivity contribution in [2.75, 3.05) is 19.0 Å². The van der Waals surface area contributed by atoms with E-state index in [0.717, 1.165) is 29.1 Å². The van der Waals surface area contributed by atoms with Gasteiger partial charge in [-0.1, -0.05) is 54.6 Å². The summed E-state index contributed by atoms with van der Waals surface area (Å²) in [5.74, 6) is 0.712. The molecule has 0 saturated heterocycles. The van der Waals surface area contributed by atoms with Gasteiger partial charge in [-0.3, -0.25) is 9.36 Å². The van der Waals surface area contributed by atoms with E-state index in [9.17, 15) is 4.79 Å². The third-order valence-corrected chi connectivity index (χ3v) is 5.87. The normalized spacial score (nSPS) is 12.0. The number of methoxy groups -OCH3 is 1. The van der Waals surface area contributed by atoms with Crippen LogP contribution in [0.25, 0.3) is 11.4 Å². The summed E-state index contributed by atoms with van der Waals surface area (Å²) >= 11 is 1.40. The van der Waals surface area contributed by atoms with E-state index in [1.54, 1.807) is 7.11 Å². The van der Waals surface area contributed by atoms with Gasteiger partial charge in [-0.25, -0.2) is 0 Å². The van der Waals surface area contributed by atoms with Crippen molar-refractivity contribution < 1.29 is 9.53 Å². The monoisotopic (exact) mass is 424 g/mol. The zero-order chi connectivity index (χ0) is 21.5. The van der Waals surface area contributed by atoms with E-state index in [1.165, 1.54) is 17.3 Å². The van der Waals surface area contributed by atoms with Crippen LogP contribution in [0.4, 0.5) is 5.69 Å². The van der Waals surface area contributed by atoms with Gasteiger partial charge in [-0.15, -0.1) is 10.2 Å². The Morgan fingerprint density at radius 2 is 1.97 bits per heavy atom. The molecular formula is C23H28N4O2S. The number of thioether (sulfide) groups is 1. The van der Waals surface area contributed by atoms with Crippen molar-refractivity contribution in [2.24, 2.45) is 0 Å². The summed E-state index contributed by atoms with van der Waals surface area (Å²) in [4.78, 5) is 12.7. The third kappa shape index (κ3) is 5.49. The minimum atomic E-state index is -0.327. The third-order valence-electron chi connectivity index (χ3n) is 4.79. The van der Waals surface area contributed by atoms with Gasteiger partial charge in [0.1, 0.15) is 0 Å². The average molecular weight is 425 g/mol. The molecule has 1 heterocycles. The van der Waals surface area contributed by atoms with Crippen molar-refractivity contribution in [3.63, 3.8) is 0 Å². The van der Waals surface area contributed by atoms with E-state index >= 15 is 0 Å². The molecule has 1 N–H and O–H groups in total. The van der Waals surface area contributed by atoms with E-state index in [-0.39, 0.29) is 11.2 Å². The number of nitrogens with zero attached hydrogens (tertiary/aromatic N) is 3. The molecule has 0 aliphatic rings. The molecule has 0 aliphatic carbocycles. The van der Waals surface area contributed by atoms with Crippen LogP contribution in [-0.2, 0) is 22.5 Å². The highest BCUT2D eigenvalue weighted by atomic mass is 32.2.